The number of aromatic hydroxyl groups is 1. The van der Waals surface area contributed by atoms with Gasteiger partial charge in [0.05, 0.1) is 59.7 Å². The number of ketones is 6. The molecule has 0 amide bonds. The molecule has 0 unspecified atom stereocenters. The normalized spacial score (nSPS) is 14.0. The molecule has 0 radical (unpaired) electrons. The topological polar surface area (TPSA) is 375 Å². The minimum absolute atomic E-state index is 0.0300. The van der Waals surface area contributed by atoms with Gasteiger partial charge in [-0.3, -0.25) is 28.8 Å². The summed E-state index contributed by atoms with van der Waals surface area (Å²) < 4.78 is 44.6. The molecule has 12 aromatic rings. The Morgan fingerprint density at radius 3 is 0.941 bits per heavy atom. The molecule has 0 bridgehead atoms. The Kier molecular flexibility index (Phi) is 32.2. The minimum Gasteiger partial charge on any atom is -0.508 e. The van der Waals surface area contributed by atoms with Crippen LogP contribution in [0, 0.1) is 12.7 Å². The highest BCUT2D eigenvalue weighted by Gasteiger charge is 2.40. The number of Topliss-reactive ketones (excluding diaryl/α,β-unsaturated/α-hetero) is 6. The lowest BCUT2D eigenvalue weighted by molar-refractivity contribution is -0.139. The maximum absolute atomic E-state index is 13.7. The first-order valence-corrected chi connectivity index (χ1v) is 45.3. The third kappa shape index (κ3) is 21.6. The number of hydrogen-bond acceptors (Lipinski definition) is 19. The van der Waals surface area contributed by atoms with Crippen molar-refractivity contribution >= 4 is 178 Å². The van der Waals surface area contributed by atoms with Gasteiger partial charge in [-0.05, 0) is 259 Å². The van der Waals surface area contributed by atoms with Crippen LogP contribution < -0.4 is 0 Å². The van der Waals surface area contributed by atoms with E-state index in [1.165, 1.54) is 18.2 Å². The van der Waals surface area contributed by atoms with E-state index in [0.717, 1.165) is 51.0 Å². The lowest BCUT2D eigenvalue weighted by atomic mass is 9.83. The number of aryl methyl sites for hydroxylation is 1. The average molecular weight is 1990 g/mol. The van der Waals surface area contributed by atoms with E-state index in [9.17, 15) is 67.0 Å². The van der Waals surface area contributed by atoms with Gasteiger partial charge in [-0.25, -0.2) is 33.2 Å². The van der Waals surface area contributed by atoms with E-state index in [2.05, 4.69) is 45.8 Å². The van der Waals surface area contributed by atoms with E-state index < -0.39 is 59.0 Å². The van der Waals surface area contributed by atoms with Crippen molar-refractivity contribution in [3.63, 3.8) is 0 Å². The number of hydrogen-bond donors (Lipinski definition) is 7. The fraction of sp³-hybridized carbons (Fsp3) is 0.184. The number of rotatable bonds is 18. The molecule has 6 heterocycles. The third-order valence-corrected chi connectivity index (χ3v) is 24.6. The Morgan fingerprint density at radius 2 is 0.600 bits per heavy atom. The second kappa shape index (κ2) is 44.2. The Hall–Kier alpha value is -14.1. The van der Waals surface area contributed by atoms with Crippen molar-refractivity contribution in [2.45, 2.75) is 87.0 Å². The van der Waals surface area contributed by atoms with E-state index in [1.54, 1.807) is 164 Å². The maximum atomic E-state index is 13.7. The second-order valence-corrected chi connectivity index (χ2v) is 33.4. The van der Waals surface area contributed by atoms with Crippen LogP contribution in [0.25, 0.3) is 33.4 Å². The van der Waals surface area contributed by atoms with Crippen LogP contribution >= 0.6 is 73.9 Å². The van der Waals surface area contributed by atoms with Crippen LogP contribution in [-0.2, 0) is 95.7 Å². The van der Waals surface area contributed by atoms with E-state index in [0.29, 0.717) is 141 Å². The molecule has 0 atom stereocenters. The first-order valence-electron chi connectivity index (χ1n) is 42.6. The molecule has 0 saturated carbocycles. The van der Waals surface area contributed by atoms with Gasteiger partial charge in [0.1, 0.15) is 45.0 Å². The zero-order valence-corrected chi connectivity index (χ0v) is 78.8. The summed E-state index contributed by atoms with van der Waals surface area (Å²) in [6, 6.07) is 46.3. The van der Waals surface area contributed by atoms with Gasteiger partial charge in [0.15, 0.2) is 0 Å². The molecule has 6 aliphatic rings. The number of aromatic amines is 6. The van der Waals surface area contributed by atoms with Crippen molar-refractivity contribution in [2.24, 2.45) is 0 Å². The van der Waals surface area contributed by atoms with Crippen LogP contribution in [0.4, 0.5) is 4.39 Å². The highest BCUT2D eigenvalue weighted by Crippen LogP contribution is 2.43. The van der Waals surface area contributed by atoms with Gasteiger partial charge in [-0.2, -0.15) is 0 Å². The smallest absolute Gasteiger partial charge is 0.342 e. The Labute approximate surface area is 806 Å². The number of H-pyrrole nitrogens is 6. The van der Waals surface area contributed by atoms with Crippen molar-refractivity contribution in [1.29, 1.82) is 0 Å². The average Bonchev–Trinajstić information content (AvgIpc) is 1.73. The predicted molar refractivity (Wildman–Crippen MR) is 512 cm³/mol. The molecule has 0 aliphatic heterocycles. The summed E-state index contributed by atoms with van der Waals surface area (Å²) in [5.41, 5.74) is 16.2. The first kappa shape index (κ1) is 98.4. The molecule has 6 aromatic heterocycles. The molecule has 6 aromatic carbocycles. The largest absolute Gasteiger partial charge is 0.508 e. The summed E-state index contributed by atoms with van der Waals surface area (Å²) in [5.74, 6) is -6.62. The summed E-state index contributed by atoms with van der Waals surface area (Å²) in [4.78, 5) is 168. The van der Waals surface area contributed by atoms with E-state index in [1.807, 2.05) is 61.5 Å². The highest BCUT2D eigenvalue weighted by molar-refractivity contribution is 9.10. The number of nitrogens with one attached hydrogen (secondary N) is 6. The van der Waals surface area contributed by atoms with Crippen LogP contribution in [-0.4, -0.2) is 145 Å². The Morgan fingerprint density at radius 1 is 0.319 bits per heavy atom. The van der Waals surface area contributed by atoms with Crippen LogP contribution in [0.5, 0.6) is 5.75 Å². The first-order chi connectivity index (χ1) is 64.9. The predicted octanol–water partition coefficient (Wildman–Crippen LogP) is 20.8. The molecule has 32 heteroatoms. The molecule has 0 spiro atoms. The van der Waals surface area contributed by atoms with E-state index in [4.69, 9.17) is 86.4 Å². The van der Waals surface area contributed by atoms with Gasteiger partial charge < -0.3 is 63.4 Å². The zero-order chi connectivity index (χ0) is 96.7. The quantitative estimate of drug-likeness (QED) is 0.0238. The summed E-state index contributed by atoms with van der Waals surface area (Å²) >= 11 is 33.4. The fourth-order valence-electron chi connectivity index (χ4n) is 16.1. The zero-order valence-electron chi connectivity index (χ0n) is 73.5. The SMILES string of the molecule is CCOC(=O)C1=C(c2ccc[nH]2)Cc2c(O)cccc2C1=O.CCOC(=O)C1=C(c2ccc[nH]2)Cc2cc(C)ccc2C1=O.CCOC(=O)C1=C(c2ccc[nH]2)Cc2cc(Cl)c(Br)cc2C1=O.CCOC(=O)C1=C(c2ccc[nH]2)Cc2cc(Cl)c(Cl)cc2C1=O.CCOC(=O)C1=C(c2ccc[nH]2)Cc2cc(Cl)c(F)cc2C1=O.CCOC(=O)C1=C(c2ccc[nH]2)Cc2cc(Cl)ccc2C1=O. The van der Waals surface area contributed by atoms with Gasteiger partial charge in [-0.15, -0.1) is 0 Å². The molecule has 690 valence electrons. The number of esters is 6. The number of halogens is 7. The molecular formula is C103H85BrCl5FN6O19. The van der Waals surface area contributed by atoms with Crippen molar-refractivity contribution in [1.82, 2.24) is 29.9 Å². The summed E-state index contributed by atoms with van der Waals surface area (Å²) in [5, 5.41) is 11.7. The van der Waals surface area contributed by atoms with Crippen molar-refractivity contribution < 1.29 is 95.5 Å². The lowest BCUT2D eigenvalue weighted by Crippen LogP contribution is -2.24. The summed E-state index contributed by atoms with van der Waals surface area (Å²) in [6.07, 6.45) is 12.8. The number of fused-ring (bicyclic) bond motifs is 6. The van der Waals surface area contributed by atoms with E-state index >= 15 is 0 Å². The van der Waals surface area contributed by atoms with Crippen LogP contribution in [0.2, 0.25) is 25.1 Å². The number of carbonyl (C=O) groups excluding carboxylic acids is 12. The van der Waals surface area contributed by atoms with Crippen molar-refractivity contribution in [3.05, 3.63) is 376 Å². The van der Waals surface area contributed by atoms with Crippen molar-refractivity contribution in [3.8, 4) is 5.75 Å². The van der Waals surface area contributed by atoms with Gasteiger partial charge in [0.25, 0.3) is 0 Å². The lowest BCUT2D eigenvalue weighted by Gasteiger charge is -2.21. The van der Waals surface area contributed by atoms with Crippen LogP contribution in [0.15, 0.2) is 239 Å². The molecule has 7 N–H and O–H groups in total. The number of phenolic OH excluding ortho intramolecular Hbond substituents is 1. The van der Waals surface area contributed by atoms with Gasteiger partial charge in [0.2, 0.25) is 34.7 Å². The number of carbonyl (C=O) groups is 12. The number of allylic oxidation sites excluding steroid dienone is 6. The number of phenols is 1. The molecule has 6 aliphatic carbocycles. The van der Waals surface area contributed by atoms with E-state index in [-0.39, 0.29) is 118 Å². The third-order valence-electron chi connectivity index (χ3n) is 22.2. The van der Waals surface area contributed by atoms with Crippen LogP contribution in [0.1, 0.15) is 177 Å². The summed E-state index contributed by atoms with van der Waals surface area (Å²) in [7, 11) is 0. The monoisotopic (exact) mass is 1980 g/mol. The molecular weight excluding hydrogens is 1900 g/mol. The highest BCUT2D eigenvalue weighted by atomic mass is 79.9. The number of benzene rings is 6. The summed E-state index contributed by atoms with van der Waals surface area (Å²) in [6.45, 7) is 13.4. The molecule has 0 saturated heterocycles. The van der Waals surface area contributed by atoms with Gasteiger partial charge >= 0.3 is 35.8 Å². The maximum Gasteiger partial charge on any atom is 0.342 e. The van der Waals surface area contributed by atoms with Gasteiger partial charge in [-0.1, -0.05) is 93.9 Å². The molecule has 135 heavy (non-hydrogen) atoms. The Bertz CT molecular complexity index is 6450. The molecule has 0 fully saturated rings. The molecule has 25 nitrogen and oxygen atoms in total. The van der Waals surface area contributed by atoms with Crippen molar-refractivity contribution in [2.75, 3.05) is 39.6 Å². The van der Waals surface area contributed by atoms with Crippen LogP contribution in [0.3, 0.4) is 0 Å². The number of aromatic nitrogens is 6. The Balaban J connectivity index is 0.000000137. The minimum atomic E-state index is -0.705. The molecule has 18 rings (SSSR count). The number of ether oxygens (including phenoxy) is 6. The fourth-order valence-corrected chi connectivity index (χ4v) is 17.4. The van der Waals surface area contributed by atoms with Gasteiger partial charge in [0, 0.05) is 158 Å². The second-order valence-electron chi connectivity index (χ2n) is 30.5. The standard InChI is InChI=1S/C18H17NO3.C17H13BrClNO3.C17H13Cl2NO3.C17H13ClFNO3.C17H14ClNO3.C17H15NO4/c1-3-22-18(21)16-14(15-5-4-8-19-15)10-12-9-11(2)6-7-13(12)17(16)20;1-2-23-17(22)15-11(14-4-3-5-20-14)6-9-7-13(19)12(18)8-10(9)16(15)21;2*1-2-23-17(22)15-11(14-4-3-5-20-14)6-9-7-12(18)13(19)8-10(9)16(15)21;1-2-22-17(21)15-13(14-4-3-7-19-14)9-10-8-11(18)5-6-12(10)16(15)20;1-2-22-17(21)15-12(13-6-4-8-18-13)9-11-10(16(15)20)5-3-7-14(11)19/h4-9,19H,3,10H2,1-2H3;3*3-5,7-8,20H,2,6H2,1H3;3-8,19H,2,9H2,1H3;3-8,18-19H,2,9H2,1H3.